The lowest BCUT2D eigenvalue weighted by Crippen LogP contribution is -2.60. The van der Waals surface area contributed by atoms with Gasteiger partial charge in [-0.15, -0.1) is 0 Å². The number of nitrogens with one attached hydrogen (secondary N) is 2. The molecule has 2 fully saturated rings. The van der Waals surface area contributed by atoms with Crippen LogP contribution in [0.25, 0.3) is 0 Å². The summed E-state index contributed by atoms with van der Waals surface area (Å²) in [6.07, 6.45) is 3.58. The summed E-state index contributed by atoms with van der Waals surface area (Å²) in [7, 11) is 0. The Kier molecular flexibility index (Phi) is 5.80. The maximum Gasteiger partial charge on any atom is 0.409 e. The summed E-state index contributed by atoms with van der Waals surface area (Å²) in [6, 6.07) is 0.745. The van der Waals surface area contributed by atoms with E-state index in [1.165, 1.54) is 0 Å². The Morgan fingerprint density at radius 1 is 1.19 bits per heavy atom. The van der Waals surface area contributed by atoms with Crippen molar-refractivity contribution in [3.63, 3.8) is 0 Å². The number of aryl methyl sites for hydroxylation is 2. The van der Waals surface area contributed by atoms with Crippen molar-refractivity contribution in [2.24, 2.45) is 0 Å². The Hall–Kier alpha value is -2.09. The maximum atomic E-state index is 12.4. The molecule has 0 aromatic carbocycles. The molecule has 3 rings (SSSR count). The fourth-order valence-electron chi connectivity index (χ4n) is 3.59. The first-order valence-corrected chi connectivity index (χ1v) is 9.40. The van der Waals surface area contributed by atoms with Gasteiger partial charge >= 0.3 is 6.09 Å². The molecule has 0 bridgehead atoms. The molecule has 1 aliphatic carbocycles. The average molecular weight is 364 g/mol. The number of hydrogen-bond donors (Lipinski definition) is 2. The fraction of sp³-hybridized carbons (Fsp3) is 0.722. The zero-order valence-electron chi connectivity index (χ0n) is 15.7. The van der Waals surface area contributed by atoms with Crippen LogP contribution in [0.4, 0.5) is 4.79 Å². The van der Waals surface area contributed by atoms with Crippen LogP contribution >= 0.6 is 0 Å². The quantitative estimate of drug-likeness (QED) is 0.826. The molecular weight excluding hydrogens is 336 g/mol. The Morgan fingerprint density at radius 3 is 2.42 bits per heavy atom. The van der Waals surface area contributed by atoms with E-state index in [1.54, 1.807) is 18.7 Å². The van der Waals surface area contributed by atoms with E-state index in [-0.39, 0.29) is 24.1 Å². The number of ether oxygens (including phenoxy) is 1. The first-order chi connectivity index (χ1) is 12.5. The van der Waals surface area contributed by atoms with Crippen molar-refractivity contribution in [3.05, 3.63) is 17.3 Å². The smallest absolute Gasteiger partial charge is 0.409 e. The molecule has 8 heteroatoms. The number of oxazole rings is 1. The highest BCUT2D eigenvalue weighted by molar-refractivity contribution is 5.93. The topological polar surface area (TPSA) is 96.7 Å². The third-order valence-electron chi connectivity index (χ3n) is 5.18. The molecule has 0 radical (unpaired) electrons. The van der Waals surface area contributed by atoms with Crippen LogP contribution in [0.2, 0.25) is 0 Å². The van der Waals surface area contributed by atoms with Crippen LogP contribution in [0.1, 0.15) is 54.7 Å². The normalized spacial score (nSPS) is 23.4. The zero-order chi connectivity index (χ0) is 18.7. The summed E-state index contributed by atoms with van der Waals surface area (Å²) in [5.74, 6) is 0.882. The second kappa shape index (κ2) is 8.07. The van der Waals surface area contributed by atoms with Crippen molar-refractivity contribution in [2.45, 2.75) is 64.6 Å². The summed E-state index contributed by atoms with van der Waals surface area (Å²) in [4.78, 5) is 30.0. The molecule has 2 atom stereocenters. The molecule has 2 unspecified atom stereocenters. The number of rotatable bonds is 5. The molecule has 1 saturated carbocycles. The van der Waals surface area contributed by atoms with Crippen LogP contribution in [0.5, 0.6) is 0 Å². The number of amides is 2. The standard InChI is InChI=1S/C18H28N4O4/c1-4-25-18(24)22-9-7-13(8-10-22)20-14-5-6-15(14)21-17(23)16-11(2)26-12(3)19-16/h13-15,20H,4-10H2,1-3H3,(H,21,23). The highest BCUT2D eigenvalue weighted by Gasteiger charge is 2.35. The average Bonchev–Trinajstić information content (AvgIpc) is 2.95. The van der Waals surface area contributed by atoms with Crippen LogP contribution in [0, 0.1) is 13.8 Å². The molecule has 2 amide bonds. The number of carbonyl (C=O) groups excluding carboxylic acids is 2. The Labute approximate surface area is 153 Å². The molecule has 1 aliphatic heterocycles. The lowest BCUT2D eigenvalue weighted by atomic mass is 9.85. The van der Waals surface area contributed by atoms with Gasteiger partial charge in [-0.05, 0) is 39.5 Å². The summed E-state index contributed by atoms with van der Waals surface area (Å²) in [5.41, 5.74) is 0.371. The van der Waals surface area contributed by atoms with E-state index in [0.717, 1.165) is 25.7 Å². The number of carbonyl (C=O) groups is 2. The number of likely N-dealkylation sites (tertiary alicyclic amines) is 1. The van der Waals surface area contributed by atoms with Crippen molar-refractivity contribution in [1.82, 2.24) is 20.5 Å². The lowest BCUT2D eigenvalue weighted by Gasteiger charge is -2.42. The number of aromatic nitrogens is 1. The van der Waals surface area contributed by atoms with E-state index in [0.29, 0.717) is 43.1 Å². The van der Waals surface area contributed by atoms with Crippen molar-refractivity contribution < 1.29 is 18.7 Å². The van der Waals surface area contributed by atoms with Crippen LogP contribution in [0.15, 0.2) is 4.42 Å². The second-order valence-electron chi connectivity index (χ2n) is 7.03. The SMILES string of the molecule is CCOC(=O)N1CCC(NC2CCC2NC(=O)c2nc(C)oc2C)CC1. The molecule has 26 heavy (non-hydrogen) atoms. The molecule has 1 aromatic rings. The monoisotopic (exact) mass is 364 g/mol. The number of piperidine rings is 1. The Morgan fingerprint density at radius 2 is 1.88 bits per heavy atom. The van der Waals surface area contributed by atoms with Crippen LogP contribution in [-0.2, 0) is 4.74 Å². The zero-order valence-corrected chi connectivity index (χ0v) is 15.7. The first kappa shape index (κ1) is 18.7. The van der Waals surface area contributed by atoms with Gasteiger partial charge in [-0.25, -0.2) is 9.78 Å². The summed E-state index contributed by atoms with van der Waals surface area (Å²) in [5, 5.41) is 6.70. The highest BCUT2D eigenvalue weighted by Crippen LogP contribution is 2.23. The van der Waals surface area contributed by atoms with Gasteiger partial charge in [0.1, 0.15) is 5.76 Å². The molecular formula is C18H28N4O4. The molecule has 8 nitrogen and oxygen atoms in total. The van der Waals surface area contributed by atoms with E-state index in [2.05, 4.69) is 15.6 Å². The van der Waals surface area contributed by atoms with Gasteiger partial charge in [0.05, 0.1) is 6.61 Å². The minimum absolute atomic E-state index is 0.113. The molecule has 2 heterocycles. The van der Waals surface area contributed by atoms with Crippen molar-refractivity contribution in [3.8, 4) is 0 Å². The number of nitrogens with zero attached hydrogens (tertiary/aromatic N) is 2. The predicted octanol–water partition coefficient (Wildman–Crippen LogP) is 1.76. The summed E-state index contributed by atoms with van der Waals surface area (Å²) in [6.45, 7) is 7.13. The van der Waals surface area contributed by atoms with Crippen molar-refractivity contribution in [2.75, 3.05) is 19.7 Å². The number of hydrogen-bond acceptors (Lipinski definition) is 6. The molecule has 2 aliphatic rings. The highest BCUT2D eigenvalue weighted by atomic mass is 16.6. The summed E-state index contributed by atoms with van der Waals surface area (Å²) < 4.78 is 10.4. The van der Waals surface area contributed by atoms with E-state index in [1.807, 2.05) is 6.92 Å². The van der Waals surface area contributed by atoms with Gasteiger partial charge in [0.15, 0.2) is 11.6 Å². The van der Waals surface area contributed by atoms with Gasteiger partial charge in [-0.3, -0.25) is 4.79 Å². The van der Waals surface area contributed by atoms with E-state index in [4.69, 9.17) is 9.15 Å². The third kappa shape index (κ3) is 4.17. The largest absolute Gasteiger partial charge is 0.450 e. The van der Waals surface area contributed by atoms with Gasteiger partial charge < -0.3 is 24.7 Å². The summed E-state index contributed by atoms with van der Waals surface area (Å²) >= 11 is 0. The molecule has 144 valence electrons. The van der Waals surface area contributed by atoms with Crippen LogP contribution in [0.3, 0.4) is 0 Å². The van der Waals surface area contributed by atoms with E-state index < -0.39 is 0 Å². The lowest BCUT2D eigenvalue weighted by molar-refractivity contribution is 0.0835. The predicted molar refractivity (Wildman–Crippen MR) is 95.0 cm³/mol. The molecule has 1 saturated heterocycles. The van der Waals surface area contributed by atoms with Crippen molar-refractivity contribution in [1.29, 1.82) is 0 Å². The Balaban J connectivity index is 1.44. The van der Waals surface area contributed by atoms with Gasteiger partial charge in [-0.2, -0.15) is 0 Å². The van der Waals surface area contributed by atoms with Crippen LogP contribution < -0.4 is 10.6 Å². The third-order valence-corrected chi connectivity index (χ3v) is 5.18. The van der Waals surface area contributed by atoms with Gasteiger partial charge in [0, 0.05) is 38.1 Å². The van der Waals surface area contributed by atoms with Gasteiger partial charge in [0.2, 0.25) is 0 Å². The minimum Gasteiger partial charge on any atom is -0.450 e. The maximum absolute atomic E-state index is 12.4. The van der Waals surface area contributed by atoms with Crippen LogP contribution in [-0.4, -0.2) is 59.7 Å². The van der Waals surface area contributed by atoms with Gasteiger partial charge in [-0.1, -0.05) is 0 Å². The molecule has 2 N–H and O–H groups in total. The minimum atomic E-state index is -0.224. The van der Waals surface area contributed by atoms with Gasteiger partial charge in [0.25, 0.3) is 5.91 Å². The van der Waals surface area contributed by atoms with E-state index >= 15 is 0 Å². The molecule has 0 spiro atoms. The van der Waals surface area contributed by atoms with E-state index in [9.17, 15) is 9.59 Å². The second-order valence-corrected chi connectivity index (χ2v) is 7.03. The molecule has 1 aromatic heterocycles. The fourth-order valence-corrected chi connectivity index (χ4v) is 3.59. The first-order valence-electron chi connectivity index (χ1n) is 9.40. The Bertz CT molecular complexity index is 652. The van der Waals surface area contributed by atoms with Crippen molar-refractivity contribution >= 4 is 12.0 Å².